The lowest BCUT2D eigenvalue weighted by molar-refractivity contribution is 0.0735. The SMILES string of the molecule is CCC1(CC)Oc2nc1c(-c1ccccc1)c1ccc([nH]1)c(-c1ccccc1)c1nc(c(-c3ccccc3)c3ccc([nH]3)c2-c2ccccc2)C=C1. The summed E-state index contributed by atoms with van der Waals surface area (Å²) < 4.78 is 7.19. The van der Waals surface area contributed by atoms with Crippen LogP contribution in [0, 0.1) is 0 Å². The van der Waals surface area contributed by atoms with E-state index < -0.39 is 5.60 Å². The third-order valence-electron chi connectivity index (χ3n) is 10.4. The lowest BCUT2D eigenvalue weighted by atomic mass is 9.88. The zero-order valence-electron chi connectivity index (χ0n) is 29.2. The number of nitrogens with one attached hydrogen (secondary N) is 2. The summed E-state index contributed by atoms with van der Waals surface area (Å²) in [4.78, 5) is 18.6. The summed E-state index contributed by atoms with van der Waals surface area (Å²) in [6, 6.07) is 50.7. The second-order valence-corrected chi connectivity index (χ2v) is 13.3. The first kappa shape index (κ1) is 31.5. The standard InChI is InChI=1S/C47H38N4O/c1-3-47(4-2)45-43(33-21-13-7-14-22-33)39-29-27-37(49-39)41(31-17-9-5-10-18-31)35-25-26-36(48-35)42(32-19-11-6-12-20-32)38-28-30-40(50-38)44(46(51-45)52-47)34-23-15-8-16-24-34/h5-30,49-50H,3-4H2,1-2H3. The highest BCUT2D eigenvalue weighted by Crippen LogP contribution is 2.47. The minimum Gasteiger partial charge on any atom is -0.464 e. The molecule has 0 spiro atoms. The molecule has 0 radical (unpaired) electrons. The minimum atomic E-state index is -0.649. The predicted molar refractivity (Wildman–Crippen MR) is 215 cm³/mol. The van der Waals surface area contributed by atoms with Crippen LogP contribution in [0.3, 0.4) is 0 Å². The highest BCUT2D eigenvalue weighted by atomic mass is 16.5. The van der Waals surface area contributed by atoms with Crippen LogP contribution in [-0.2, 0) is 5.60 Å². The van der Waals surface area contributed by atoms with E-state index in [-0.39, 0.29) is 0 Å². The van der Waals surface area contributed by atoms with Crippen molar-refractivity contribution in [2.45, 2.75) is 32.3 Å². The van der Waals surface area contributed by atoms with Crippen LogP contribution >= 0.6 is 0 Å². The van der Waals surface area contributed by atoms with Crippen LogP contribution < -0.4 is 4.74 Å². The number of aromatic amines is 2. The quantitative estimate of drug-likeness (QED) is 0.184. The van der Waals surface area contributed by atoms with Gasteiger partial charge in [-0.15, -0.1) is 0 Å². The molecule has 2 aliphatic heterocycles. The van der Waals surface area contributed by atoms with E-state index in [0.717, 1.165) is 96.5 Å². The molecular formula is C47H38N4O. The van der Waals surface area contributed by atoms with Gasteiger partial charge in [0.05, 0.1) is 28.2 Å². The summed E-state index contributed by atoms with van der Waals surface area (Å²) in [7, 11) is 0. The molecule has 0 unspecified atom stereocenters. The molecule has 0 saturated heterocycles. The number of nitrogens with zero attached hydrogens (tertiary/aromatic N) is 2. The van der Waals surface area contributed by atoms with Gasteiger partial charge in [0.2, 0.25) is 5.88 Å². The van der Waals surface area contributed by atoms with E-state index in [4.69, 9.17) is 14.7 Å². The molecule has 252 valence electrons. The summed E-state index contributed by atoms with van der Waals surface area (Å²) in [5.41, 5.74) is 14.2. The monoisotopic (exact) mass is 674 g/mol. The van der Waals surface area contributed by atoms with Crippen molar-refractivity contribution in [2.75, 3.05) is 0 Å². The van der Waals surface area contributed by atoms with Crippen LogP contribution in [-0.4, -0.2) is 19.9 Å². The fourth-order valence-electron chi connectivity index (χ4n) is 7.71. The maximum absolute atomic E-state index is 7.19. The van der Waals surface area contributed by atoms with Gasteiger partial charge >= 0.3 is 0 Å². The number of ether oxygens (including phenoxy) is 1. The van der Waals surface area contributed by atoms with Crippen molar-refractivity contribution < 1.29 is 4.74 Å². The van der Waals surface area contributed by atoms with E-state index in [1.807, 2.05) is 12.1 Å². The molecule has 0 saturated carbocycles. The molecule has 2 N–H and O–H groups in total. The normalized spacial score (nSPS) is 13.2. The number of fused-ring (bicyclic) bond motifs is 8. The molecular weight excluding hydrogens is 637 g/mol. The van der Waals surface area contributed by atoms with Gasteiger partial charge in [0, 0.05) is 33.2 Å². The Kier molecular flexibility index (Phi) is 7.89. The fraction of sp³-hybridized carbons (Fsp3) is 0.106. The molecule has 5 heterocycles. The van der Waals surface area contributed by atoms with Crippen LogP contribution in [0.4, 0.5) is 0 Å². The molecule has 9 rings (SSSR count). The van der Waals surface area contributed by atoms with Gasteiger partial charge < -0.3 is 14.7 Å². The maximum Gasteiger partial charge on any atom is 0.224 e. The summed E-state index contributed by atoms with van der Waals surface area (Å²) in [6.07, 6.45) is 5.78. The highest BCUT2D eigenvalue weighted by molar-refractivity contribution is 5.97. The summed E-state index contributed by atoms with van der Waals surface area (Å²) in [5, 5.41) is 0. The van der Waals surface area contributed by atoms with Gasteiger partial charge in [-0.2, -0.15) is 0 Å². The first-order valence-electron chi connectivity index (χ1n) is 18.0. The molecule has 8 bridgehead atoms. The Morgan fingerprint density at radius 2 is 0.808 bits per heavy atom. The van der Waals surface area contributed by atoms with Gasteiger partial charge in [0.15, 0.2) is 5.60 Å². The van der Waals surface area contributed by atoms with E-state index >= 15 is 0 Å². The van der Waals surface area contributed by atoms with Crippen LogP contribution in [0.2, 0.25) is 0 Å². The molecule has 3 aromatic heterocycles. The topological polar surface area (TPSA) is 66.6 Å². The Morgan fingerprint density at radius 3 is 1.23 bits per heavy atom. The predicted octanol–water partition coefficient (Wildman–Crippen LogP) is 12.2. The molecule has 52 heavy (non-hydrogen) atoms. The van der Waals surface area contributed by atoms with Crippen LogP contribution in [0.5, 0.6) is 5.88 Å². The molecule has 5 heteroatoms. The van der Waals surface area contributed by atoms with Crippen LogP contribution in [0.1, 0.15) is 43.8 Å². The third kappa shape index (κ3) is 5.33. The van der Waals surface area contributed by atoms with E-state index in [0.29, 0.717) is 5.88 Å². The highest BCUT2D eigenvalue weighted by Gasteiger charge is 2.41. The van der Waals surface area contributed by atoms with Gasteiger partial charge in [-0.25, -0.2) is 9.97 Å². The number of rotatable bonds is 6. The lowest BCUT2D eigenvalue weighted by Crippen LogP contribution is -2.29. The zero-order chi connectivity index (χ0) is 35.1. The summed E-state index contributed by atoms with van der Waals surface area (Å²) >= 11 is 0. The molecule has 4 aromatic carbocycles. The molecule has 0 amide bonds. The molecule has 0 atom stereocenters. The van der Waals surface area contributed by atoms with Crippen LogP contribution in [0.25, 0.3) is 78.7 Å². The maximum atomic E-state index is 7.19. The Balaban J connectivity index is 1.52. The van der Waals surface area contributed by atoms with Gasteiger partial charge in [-0.3, -0.25) is 0 Å². The third-order valence-corrected chi connectivity index (χ3v) is 10.4. The first-order valence-corrected chi connectivity index (χ1v) is 18.0. The van der Waals surface area contributed by atoms with Crippen molar-refractivity contribution in [3.05, 3.63) is 163 Å². The van der Waals surface area contributed by atoms with Crippen molar-refractivity contribution in [1.29, 1.82) is 0 Å². The minimum absolute atomic E-state index is 0.608. The Bertz CT molecular complexity index is 2600. The number of aromatic nitrogens is 4. The second-order valence-electron chi connectivity index (χ2n) is 13.3. The van der Waals surface area contributed by atoms with Gasteiger partial charge in [0.25, 0.3) is 0 Å². The van der Waals surface area contributed by atoms with E-state index in [1.54, 1.807) is 0 Å². The molecule has 2 aliphatic rings. The van der Waals surface area contributed by atoms with E-state index in [9.17, 15) is 0 Å². The van der Waals surface area contributed by atoms with E-state index in [2.05, 4.69) is 169 Å². The van der Waals surface area contributed by atoms with Crippen molar-refractivity contribution >= 4 is 34.2 Å². The van der Waals surface area contributed by atoms with Crippen molar-refractivity contribution in [3.63, 3.8) is 0 Å². The number of benzene rings is 4. The van der Waals surface area contributed by atoms with Gasteiger partial charge in [-0.05, 0) is 71.5 Å². The second kappa shape index (κ2) is 13.0. The largest absolute Gasteiger partial charge is 0.464 e. The average Bonchev–Trinajstić information content (AvgIpc) is 4.03. The van der Waals surface area contributed by atoms with Crippen molar-refractivity contribution in [1.82, 2.24) is 19.9 Å². The average molecular weight is 675 g/mol. The van der Waals surface area contributed by atoms with Crippen LogP contribution in [0.15, 0.2) is 146 Å². The molecule has 0 aliphatic carbocycles. The Labute approximate surface area is 303 Å². The summed E-state index contributed by atoms with van der Waals surface area (Å²) in [5.74, 6) is 0.608. The lowest BCUT2D eigenvalue weighted by Gasteiger charge is -2.27. The number of H-pyrrole nitrogens is 2. The number of hydrogen-bond donors (Lipinski definition) is 2. The fourth-order valence-corrected chi connectivity index (χ4v) is 7.71. The summed E-state index contributed by atoms with van der Waals surface area (Å²) in [6.45, 7) is 4.39. The van der Waals surface area contributed by atoms with E-state index in [1.165, 1.54) is 0 Å². The Hall–Kier alpha value is -6.46. The van der Waals surface area contributed by atoms with Gasteiger partial charge in [-0.1, -0.05) is 135 Å². The zero-order valence-corrected chi connectivity index (χ0v) is 29.2. The number of hydrogen-bond acceptors (Lipinski definition) is 3. The van der Waals surface area contributed by atoms with Crippen molar-refractivity contribution in [2.24, 2.45) is 0 Å². The first-order chi connectivity index (χ1) is 25.7. The molecule has 0 fully saturated rings. The molecule has 7 aromatic rings. The molecule has 5 nitrogen and oxygen atoms in total. The van der Waals surface area contributed by atoms with Gasteiger partial charge in [0.1, 0.15) is 0 Å². The van der Waals surface area contributed by atoms with Crippen molar-refractivity contribution in [3.8, 4) is 50.4 Å². The smallest absolute Gasteiger partial charge is 0.224 e. The Morgan fingerprint density at radius 1 is 0.442 bits per heavy atom.